The van der Waals surface area contributed by atoms with Gasteiger partial charge in [0.15, 0.2) is 0 Å². The molecule has 0 aliphatic heterocycles. The highest BCUT2D eigenvalue weighted by Gasteiger charge is 2.59. The van der Waals surface area contributed by atoms with Gasteiger partial charge in [-0.2, -0.15) is 0 Å². The van der Waals surface area contributed by atoms with Gasteiger partial charge in [-0.05, 0) is 189 Å². The van der Waals surface area contributed by atoms with Gasteiger partial charge in [0.2, 0.25) is 5.91 Å². The Bertz CT molecular complexity index is 1970. The van der Waals surface area contributed by atoms with Gasteiger partial charge in [-0.25, -0.2) is 9.59 Å². The summed E-state index contributed by atoms with van der Waals surface area (Å²) in [5, 5.41) is 6.00. The lowest BCUT2D eigenvalue weighted by Gasteiger charge is -2.58. The standard InChI is InChI=1S/C62H103N3O8/c1-15-46(43(2)3)24-21-44(4)51-29-30-52-50-28-25-47-41-49(33-36-61(47,12)53(50)34-37-62(51,52)13)72-55(67)32-31-54(66)65(40-38-60(10,11)64-57(69)73-58(5,6)7)39-20-18-16-17-19-35-59(8,9)63-56(68)71-42-45-22-26-48(70-14)27-23-45/h22-23,25-27,43-44,46,49-53H,15-21,24,28-42H2,1-14H3,(H,63,68)(H,64,69)/t44?,46?,49-,50-,51+,52-,53-,61-,62+/m0/s1. The van der Waals surface area contributed by atoms with Crippen LogP contribution in [0.15, 0.2) is 35.9 Å². The Kier molecular flexibility index (Phi) is 21.7. The zero-order chi connectivity index (χ0) is 53.8. The van der Waals surface area contributed by atoms with Gasteiger partial charge in [0.05, 0.1) is 13.5 Å². The minimum Gasteiger partial charge on any atom is -0.497 e. The molecule has 0 spiro atoms. The van der Waals surface area contributed by atoms with Crippen LogP contribution >= 0.6 is 0 Å². The third-order valence-corrected chi connectivity index (χ3v) is 18.5. The maximum Gasteiger partial charge on any atom is 0.408 e. The summed E-state index contributed by atoms with van der Waals surface area (Å²) >= 11 is 0. The second kappa shape index (κ2) is 26.3. The molecule has 3 amide bonds. The summed E-state index contributed by atoms with van der Waals surface area (Å²) < 4.78 is 22.4. The van der Waals surface area contributed by atoms with E-state index in [0.717, 1.165) is 111 Å². The van der Waals surface area contributed by atoms with Gasteiger partial charge in [0.25, 0.3) is 0 Å². The number of methoxy groups -OCH3 is 1. The molecule has 1 aromatic rings. The lowest BCUT2D eigenvalue weighted by atomic mass is 9.47. The quantitative estimate of drug-likeness (QED) is 0.0406. The number of fused-ring (bicyclic) bond motifs is 5. The Morgan fingerprint density at radius 1 is 0.767 bits per heavy atom. The predicted octanol–water partition coefficient (Wildman–Crippen LogP) is 14.9. The lowest BCUT2D eigenvalue weighted by molar-refractivity contribution is -0.153. The summed E-state index contributed by atoms with van der Waals surface area (Å²) in [5.41, 5.74) is 1.36. The molecule has 4 aliphatic rings. The van der Waals surface area contributed by atoms with Crippen molar-refractivity contribution in [3.05, 3.63) is 41.5 Å². The molecule has 73 heavy (non-hydrogen) atoms. The van der Waals surface area contributed by atoms with Gasteiger partial charge in [-0.3, -0.25) is 9.59 Å². The number of benzene rings is 1. The van der Waals surface area contributed by atoms with Crippen LogP contribution < -0.4 is 15.4 Å². The van der Waals surface area contributed by atoms with E-state index in [-0.39, 0.29) is 42.8 Å². The molecule has 414 valence electrons. The van der Waals surface area contributed by atoms with Gasteiger partial charge in [-0.1, -0.05) is 104 Å². The van der Waals surface area contributed by atoms with Crippen LogP contribution in [0.1, 0.15) is 224 Å². The van der Waals surface area contributed by atoms with E-state index in [1.807, 2.05) is 77.6 Å². The van der Waals surface area contributed by atoms with Crippen LogP contribution in [0.3, 0.4) is 0 Å². The van der Waals surface area contributed by atoms with E-state index in [0.29, 0.717) is 30.8 Å². The first kappa shape index (κ1) is 60.1. The normalized spacial score (nSPS) is 25.8. The number of allylic oxidation sites excluding steroid dienone is 1. The van der Waals surface area contributed by atoms with Gasteiger partial charge >= 0.3 is 18.2 Å². The van der Waals surface area contributed by atoms with E-state index in [4.69, 9.17) is 18.9 Å². The molecule has 0 saturated heterocycles. The minimum atomic E-state index is -0.622. The fraction of sp³-hybridized carbons (Fsp3) is 0.806. The topological polar surface area (TPSA) is 132 Å². The molecule has 0 heterocycles. The number of ether oxygens (including phenoxy) is 4. The Hall–Kier alpha value is -3.76. The van der Waals surface area contributed by atoms with E-state index in [2.05, 4.69) is 58.3 Å². The number of carbonyl (C=O) groups is 4. The van der Waals surface area contributed by atoms with E-state index < -0.39 is 28.9 Å². The monoisotopic (exact) mass is 1020 g/mol. The second-order valence-electron chi connectivity index (χ2n) is 26.4. The average molecular weight is 1020 g/mol. The van der Waals surface area contributed by atoms with Crippen molar-refractivity contribution in [3.8, 4) is 5.75 Å². The summed E-state index contributed by atoms with van der Waals surface area (Å²) in [4.78, 5) is 54.6. The minimum absolute atomic E-state index is 0.0572. The van der Waals surface area contributed by atoms with Crippen LogP contribution in [-0.2, 0) is 30.4 Å². The third kappa shape index (κ3) is 17.4. The summed E-state index contributed by atoms with van der Waals surface area (Å²) in [6.07, 6.45) is 21.1. The molecule has 4 aliphatic carbocycles. The predicted molar refractivity (Wildman–Crippen MR) is 294 cm³/mol. The largest absolute Gasteiger partial charge is 0.497 e. The molecule has 11 nitrogen and oxygen atoms in total. The zero-order valence-electron chi connectivity index (χ0n) is 48.5. The molecule has 2 N–H and O–H groups in total. The zero-order valence-corrected chi connectivity index (χ0v) is 48.5. The summed E-state index contributed by atoms with van der Waals surface area (Å²) in [7, 11) is 1.62. The first-order valence-electron chi connectivity index (χ1n) is 29.0. The molecule has 0 radical (unpaired) electrons. The Morgan fingerprint density at radius 2 is 1.44 bits per heavy atom. The molecule has 3 saturated carbocycles. The highest BCUT2D eigenvalue weighted by molar-refractivity contribution is 5.81. The molecule has 1 aromatic carbocycles. The molecule has 0 aromatic heterocycles. The molecular weight excluding hydrogens is 915 g/mol. The molecule has 3 fully saturated rings. The van der Waals surface area contributed by atoms with Crippen LogP contribution in [0, 0.1) is 52.3 Å². The Labute approximate surface area is 443 Å². The summed E-state index contributed by atoms with van der Waals surface area (Å²) in [6, 6.07) is 7.45. The average Bonchev–Trinajstić information content (AvgIpc) is 3.67. The van der Waals surface area contributed by atoms with Crippen molar-refractivity contribution < 1.29 is 38.1 Å². The maximum atomic E-state index is 14.0. The fourth-order valence-corrected chi connectivity index (χ4v) is 14.1. The Balaban J connectivity index is 1.08. The van der Waals surface area contributed by atoms with Crippen molar-refractivity contribution in [1.29, 1.82) is 0 Å². The third-order valence-electron chi connectivity index (χ3n) is 18.5. The number of amides is 3. The molecule has 2 unspecified atom stereocenters. The molecule has 5 rings (SSSR count). The van der Waals surface area contributed by atoms with E-state index in [1.165, 1.54) is 50.5 Å². The number of hydrogen-bond donors (Lipinski definition) is 2. The van der Waals surface area contributed by atoms with Gasteiger partial charge in [0, 0.05) is 37.0 Å². The van der Waals surface area contributed by atoms with Crippen molar-refractivity contribution in [2.24, 2.45) is 52.3 Å². The number of hydrogen-bond acceptors (Lipinski definition) is 8. The molecule has 11 heteroatoms. The summed E-state index contributed by atoms with van der Waals surface area (Å²) in [6.45, 7) is 29.6. The van der Waals surface area contributed by atoms with Crippen LogP contribution in [0.4, 0.5) is 9.59 Å². The number of nitrogens with zero attached hydrogens (tertiary/aromatic N) is 1. The highest BCUT2D eigenvalue weighted by atomic mass is 16.6. The molecular formula is C62H103N3O8. The van der Waals surface area contributed by atoms with Crippen LogP contribution in [0.25, 0.3) is 0 Å². The van der Waals surface area contributed by atoms with Crippen molar-refractivity contribution >= 4 is 24.1 Å². The first-order chi connectivity index (χ1) is 34.3. The number of rotatable bonds is 26. The van der Waals surface area contributed by atoms with Crippen LogP contribution in [-0.4, -0.2) is 71.9 Å². The SMILES string of the molecule is CCC(CCC(C)[C@H]1CC[C@H]2[C@@H]3CC=C4C[C@@H](OC(=O)CCC(=O)N(CCCCCCCC(C)(C)NC(=O)OCc5ccc(OC)cc5)CCC(C)(C)NC(=O)OC(C)(C)C)CC[C@]4(C)[C@H]3CC[C@]12C)C(C)C. The van der Waals surface area contributed by atoms with Gasteiger partial charge < -0.3 is 34.5 Å². The number of unbranched alkanes of at least 4 members (excludes halogenated alkanes) is 4. The van der Waals surface area contributed by atoms with Crippen LogP contribution in [0.5, 0.6) is 5.75 Å². The number of alkyl carbamates (subject to hydrolysis) is 2. The van der Waals surface area contributed by atoms with Crippen molar-refractivity contribution in [2.45, 2.75) is 248 Å². The Morgan fingerprint density at radius 3 is 2.11 bits per heavy atom. The van der Waals surface area contributed by atoms with Gasteiger partial charge in [-0.15, -0.1) is 0 Å². The smallest absolute Gasteiger partial charge is 0.408 e. The highest BCUT2D eigenvalue weighted by Crippen LogP contribution is 2.67. The summed E-state index contributed by atoms with van der Waals surface area (Å²) in [5.74, 6) is 5.92. The fourth-order valence-electron chi connectivity index (χ4n) is 14.1. The first-order valence-corrected chi connectivity index (χ1v) is 29.0. The van der Waals surface area contributed by atoms with Crippen LogP contribution in [0.2, 0.25) is 0 Å². The second-order valence-corrected chi connectivity index (χ2v) is 26.4. The van der Waals surface area contributed by atoms with E-state index in [9.17, 15) is 19.2 Å². The molecule has 0 bridgehead atoms. The molecule has 9 atom stereocenters. The number of esters is 1. The van der Waals surface area contributed by atoms with Crippen molar-refractivity contribution in [2.75, 3.05) is 20.2 Å². The van der Waals surface area contributed by atoms with Crippen molar-refractivity contribution in [3.63, 3.8) is 0 Å². The van der Waals surface area contributed by atoms with E-state index in [1.54, 1.807) is 7.11 Å². The van der Waals surface area contributed by atoms with E-state index >= 15 is 0 Å². The lowest BCUT2D eigenvalue weighted by Crippen LogP contribution is -2.51. The van der Waals surface area contributed by atoms with Gasteiger partial charge in [0.1, 0.15) is 24.1 Å². The number of nitrogens with one attached hydrogen (secondary N) is 2. The number of carbonyl (C=O) groups excluding carboxylic acids is 4. The van der Waals surface area contributed by atoms with Crippen molar-refractivity contribution in [1.82, 2.24) is 15.5 Å². The maximum absolute atomic E-state index is 14.0.